The fraction of sp³-hybridized carbons (Fsp3) is 0.696. The van der Waals surface area contributed by atoms with Crippen molar-refractivity contribution >= 4 is 5.97 Å². The van der Waals surface area contributed by atoms with E-state index in [1.807, 2.05) is 30.3 Å². The highest BCUT2D eigenvalue weighted by Gasteiger charge is 2.20. The molecule has 0 heterocycles. The van der Waals surface area contributed by atoms with Crippen LogP contribution in [0.5, 0.6) is 0 Å². The summed E-state index contributed by atoms with van der Waals surface area (Å²) in [5.41, 5.74) is 1.04. The average molecular weight is 363 g/mol. The number of esters is 1. The molecule has 0 saturated heterocycles. The molecule has 0 unspecified atom stereocenters. The summed E-state index contributed by atoms with van der Waals surface area (Å²) in [5.74, 6) is -0.106. The summed E-state index contributed by atoms with van der Waals surface area (Å²) in [4.78, 5) is 12.1. The van der Waals surface area contributed by atoms with Crippen LogP contribution in [0.15, 0.2) is 30.3 Å². The molecule has 0 spiro atoms. The predicted molar refractivity (Wildman–Crippen MR) is 110 cm³/mol. The largest absolute Gasteiger partial charge is 0.457 e. The van der Waals surface area contributed by atoms with Crippen molar-refractivity contribution in [3.63, 3.8) is 0 Å². The van der Waals surface area contributed by atoms with Crippen LogP contribution in [0.3, 0.4) is 0 Å². The number of likely N-dealkylation sites (N-methyl/N-ethyl adjacent to an activating group) is 1. The molecule has 0 amide bonds. The van der Waals surface area contributed by atoms with Gasteiger partial charge in [-0.05, 0) is 18.4 Å². The van der Waals surface area contributed by atoms with Gasteiger partial charge in [-0.25, -0.2) is 4.79 Å². The Labute approximate surface area is 161 Å². The number of rotatable bonds is 15. The quantitative estimate of drug-likeness (QED) is 0.226. The van der Waals surface area contributed by atoms with Gasteiger partial charge in [0.1, 0.15) is 6.61 Å². The summed E-state index contributed by atoms with van der Waals surface area (Å²) in [7, 11) is 4.25. The Morgan fingerprint density at radius 3 is 1.96 bits per heavy atom. The second-order valence-electron chi connectivity index (χ2n) is 8.15. The molecule has 1 aromatic carbocycles. The van der Waals surface area contributed by atoms with Crippen LogP contribution >= 0.6 is 0 Å². The summed E-state index contributed by atoms with van der Waals surface area (Å²) in [6.07, 6.45) is 13.5. The Balaban J connectivity index is 2.03. The molecule has 0 radical (unpaired) electrons. The molecule has 1 aromatic rings. The zero-order valence-electron chi connectivity index (χ0n) is 17.3. The first-order chi connectivity index (χ1) is 12.5. The Morgan fingerprint density at radius 2 is 1.38 bits per heavy atom. The highest BCUT2D eigenvalue weighted by atomic mass is 16.5. The molecular formula is C23H40NO2+. The molecule has 148 valence electrons. The van der Waals surface area contributed by atoms with Crippen LogP contribution in [-0.2, 0) is 16.1 Å². The van der Waals surface area contributed by atoms with Gasteiger partial charge in [0.05, 0.1) is 20.6 Å². The lowest BCUT2D eigenvalue weighted by Crippen LogP contribution is -2.45. The van der Waals surface area contributed by atoms with Gasteiger partial charge in [0.2, 0.25) is 0 Å². The first kappa shape index (κ1) is 22.7. The monoisotopic (exact) mass is 362 g/mol. The van der Waals surface area contributed by atoms with E-state index in [2.05, 4.69) is 21.0 Å². The van der Waals surface area contributed by atoms with Gasteiger partial charge in [0.15, 0.2) is 6.54 Å². The lowest BCUT2D eigenvalue weighted by molar-refractivity contribution is -0.883. The maximum Gasteiger partial charge on any atom is 0.362 e. The highest BCUT2D eigenvalue weighted by Crippen LogP contribution is 2.12. The molecule has 0 aromatic heterocycles. The van der Waals surface area contributed by atoms with Gasteiger partial charge in [-0.1, -0.05) is 88.6 Å². The number of ether oxygens (including phenoxy) is 1. The fourth-order valence-electron chi connectivity index (χ4n) is 3.24. The van der Waals surface area contributed by atoms with Crippen molar-refractivity contribution in [1.82, 2.24) is 0 Å². The zero-order valence-corrected chi connectivity index (χ0v) is 17.3. The number of hydrogen-bond donors (Lipinski definition) is 0. The van der Waals surface area contributed by atoms with Crippen molar-refractivity contribution in [2.45, 2.75) is 77.7 Å². The number of carbonyl (C=O) groups excluding carboxylic acids is 1. The molecule has 0 aliphatic rings. The van der Waals surface area contributed by atoms with Gasteiger partial charge in [-0.2, -0.15) is 0 Å². The Bertz CT molecular complexity index is 470. The van der Waals surface area contributed by atoms with Crippen LogP contribution in [0.2, 0.25) is 0 Å². The van der Waals surface area contributed by atoms with Crippen LogP contribution in [0.25, 0.3) is 0 Å². The van der Waals surface area contributed by atoms with E-state index in [-0.39, 0.29) is 5.97 Å². The molecule has 3 heteroatoms. The number of unbranched alkanes of at least 4 members (excludes halogenated alkanes) is 9. The molecule has 0 aliphatic carbocycles. The third kappa shape index (κ3) is 12.1. The van der Waals surface area contributed by atoms with Crippen LogP contribution in [-0.4, -0.2) is 37.6 Å². The van der Waals surface area contributed by atoms with E-state index in [1.54, 1.807) is 0 Å². The van der Waals surface area contributed by atoms with Gasteiger partial charge in [0, 0.05) is 0 Å². The van der Waals surface area contributed by atoms with E-state index in [4.69, 9.17) is 4.74 Å². The van der Waals surface area contributed by atoms with Crippen molar-refractivity contribution in [2.24, 2.45) is 0 Å². The minimum Gasteiger partial charge on any atom is -0.457 e. The standard InChI is InChI=1S/C23H40NO2/c1-4-5-6-7-8-9-10-11-12-16-19-24(2,3)20-23(25)26-21-22-17-14-13-15-18-22/h13-15,17-18H,4-12,16,19-21H2,1-3H3/q+1. The predicted octanol–water partition coefficient (Wildman–Crippen LogP) is 5.73. The fourth-order valence-corrected chi connectivity index (χ4v) is 3.24. The van der Waals surface area contributed by atoms with Crippen LogP contribution in [0, 0.1) is 0 Å². The molecule has 0 aliphatic heterocycles. The maximum absolute atomic E-state index is 12.1. The summed E-state index contributed by atoms with van der Waals surface area (Å²) < 4.78 is 6.12. The van der Waals surface area contributed by atoms with Crippen LogP contribution < -0.4 is 0 Å². The SMILES string of the molecule is CCCCCCCCCCCC[N+](C)(C)CC(=O)OCc1ccccc1. The first-order valence-corrected chi connectivity index (χ1v) is 10.5. The summed E-state index contributed by atoms with van der Waals surface area (Å²) >= 11 is 0. The average Bonchev–Trinajstić information content (AvgIpc) is 2.62. The Morgan fingerprint density at radius 1 is 0.846 bits per heavy atom. The number of benzene rings is 1. The summed E-state index contributed by atoms with van der Waals surface area (Å²) in [6, 6.07) is 9.87. The van der Waals surface area contributed by atoms with Crippen molar-refractivity contribution in [3.8, 4) is 0 Å². The number of hydrogen-bond acceptors (Lipinski definition) is 2. The Hall–Kier alpha value is -1.35. The molecule has 3 nitrogen and oxygen atoms in total. The van der Waals surface area contributed by atoms with Crippen molar-refractivity contribution in [1.29, 1.82) is 0 Å². The minimum absolute atomic E-state index is 0.106. The molecule has 0 atom stereocenters. The smallest absolute Gasteiger partial charge is 0.362 e. The normalized spacial score (nSPS) is 11.5. The van der Waals surface area contributed by atoms with Crippen molar-refractivity contribution in [2.75, 3.05) is 27.2 Å². The molecule has 0 fully saturated rings. The third-order valence-electron chi connectivity index (χ3n) is 4.92. The van der Waals surface area contributed by atoms with E-state index in [0.29, 0.717) is 17.6 Å². The Kier molecular flexibility index (Phi) is 12.0. The van der Waals surface area contributed by atoms with Gasteiger partial charge < -0.3 is 9.22 Å². The number of nitrogens with zero attached hydrogens (tertiary/aromatic N) is 1. The van der Waals surface area contributed by atoms with E-state index in [9.17, 15) is 4.79 Å². The molecule has 1 rings (SSSR count). The van der Waals surface area contributed by atoms with E-state index in [0.717, 1.165) is 12.1 Å². The van der Waals surface area contributed by atoms with E-state index < -0.39 is 0 Å². The molecular weight excluding hydrogens is 322 g/mol. The lowest BCUT2D eigenvalue weighted by Gasteiger charge is -2.28. The van der Waals surface area contributed by atoms with Crippen LogP contribution in [0.1, 0.15) is 76.7 Å². The van der Waals surface area contributed by atoms with Gasteiger partial charge in [-0.3, -0.25) is 0 Å². The van der Waals surface area contributed by atoms with E-state index >= 15 is 0 Å². The summed E-state index contributed by atoms with van der Waals surface area (Å²) in [6.45, 7) is 4.13. The number of quaternary nitrogens is 1. The minimum atomic E-state index is -0.106. The summed E-state index contributed by atoms with van der Waals surface area (Å²) in [5, 5.41) is 0. The maximum atomic E-state index is 12.1. The number of carbonyl (C=O) groups is 1. The molecule has 0 N–H and O–H groups in total. The molecule has 0 saturated carbocycles. The second-order valence-corrected chi connectivity index (χ2v) is 8.15. The van der Waals surface area contributed by atoms with Gasteiger partial charge in [0.25, 0.3) is 0 Å². The molecule has 0 bridgehead atoms. The van der Waals surface area contributed by atoms with Gasteiger partial charge >= 0.3 is 5.97 Å². The topological polar surface area (TPSA) is 26.3 Å². The zero-order chi connectivity index (χ0) is 19.1. The van der Waals surface area contributed by atoms with Crippen molar-refractivity contribution < 1.29 is 14.0 Å². The van der Waals surface area contributed by atoms with E-state index in [1.165, 1.54) is 64.2 Å². The van der Waals surface area contributed by atoms with Gasteiger partial charge in [-0.15, -0.1) is 0 Å². The molecule has 26 heavy (non-hydrogen) atoms. The van der Waals surface area contributed by atoms with Crippen LogP contribution in [0.4, 0.5) is 0 Å². The second kappa shape index (κ2) is 13.8. The third-order valence-corrected chi connectivity index (χ3v) is 4.92. The van der Waals surface area contributed by atoms with Crippen molar-refractivity contribution in [3.05, 3.63) is 35.9 Å². The highest BCUT2D eigenvalue weighted by molar-refractivity contribution is 5.70. The lowest BCUT2D eigenvalue weighted by atomic mass is 10.1. The first-order valence-electron chi connectivity index (χ1n) is 10.5.